The summed E-state index contributed by atoms with van der Waals surface area (Å²) in [6, 6.07) is 52.2. The van der Waals surface area contributed by atoms with E-state index in [0.29, 0.717) is 0 Å². The van der Waals surface area contributed by atoms with E-state index in [1.807, 2.05) is 67.0 Å². The van der Waals surface area contributed by atoms with Crippen LogP contribution in [-0.4, -0.2) is 24.5 Å². The normalized spacial score (nSPS) is 11.5. The molecule has 0 fully saturated rings. The highest BCUT2D eigenvalue weighted by Crippen LogP contribution is 2.46. The predicted molar refractivity (Wildman–Crippen MR) is 209 cm³/mol. The van der Waals surface area contributed by atoms with Gasteiger partial charge in [-0.1, -0.05) is 91.0 Å². The average Bonchev–Trinajstić information content (AvgIpc) is 3.82. The smallest absolute Gasteiger partial charge is 0.147 e. The molecule has 244 valence electrons. The lowest BCUT2D eigenvalue weighted by Gasteiger charge is -2.11. The van der Waals surface area contributed by atoms with E-state index >= 15 is 0 Å². The third-order valence-corrected chi connectivity index (χ3v) is 9.65. The standard InChI is InChI=1S/C46H29N5O/c1-2-8-36(9-3-1)51-40-13-7-6-12-39(40)50-46(51)35-20-16-31(17-21-35)30-14-18-33(19-15-30)43-42-41(32-22-26-47-27-23-32)44(34-24-28-48-29-25-34)52-45(42)37-10-4-5-11-38(37)49-43/h1-29H. The van der Waals surface area contributed by atoms with Gasteiger partial charge in [0.2, 0.25) is 0 Å². The largest absolute Gasteiger partial charge is 0.455 e. The third kappa shape index (κ3) is 4.96. The second-order valence-electron chi connectivity index (χ2n) is 12.7. The van der Waals surface area contributed by atoms with Gasteiger partial charge < -0.3 is 4.42 Å². The maximum absolute atomic E-state index is 6.82. The quantitative estimate of drug-likeness (QED) is 0.176. The number of hydrogen-bond donors (Lipinski definition) is 0. The zero-order valence-electron chi connectivity index (χ0n) is 27.9. The molecule has 5 aromatic heterocycles. The highest BCUT2D eigenvalue weighted by Gasteiger charge is 2.24. The SMILES string of the molecule is c1ccc(-n2c(-c3ccc(-c4ccc(-c5nc6ccccc6c6oc(-c7ccncc7)c(-c7ccncc7)c56)cc4)cc3)nc3ccccc32)cc1. The Morgan fingerprint density at radius 2 is 1.02 bits per heavy atom. The minimum atomic E-state index is 0.778. The first-order valence-electron chi connectivity index (χ1n) is 17.2. The van der Waals surface area contributed by atoms with E-state index in [9.17, 15) is 0 Å². The highest BCUT2D eigenvalue weighted by molar-refractivity contribution is 6.16. The molecule has 0 aliphatic heterocycles. The van der Waals surface area contributed by atoms with Crippen molar-refractivity contribution in [3.05, 3.63) is 176 Å². The fraction of sp³-hybridized carbons (Fsp3) is 0. The number of imidazole rings is 1. The Morgan fingerprint density at radius 1 is 0.442 bits per heavy atom. The summed E-state index contributed by atoms with van der Waals surface area (Å²) in [7, 11) is 0. The molecule has 5 heterocycles. The number of aromatic nitrogens is 5. The van der Waals surface area contributed by atoms with E-state index in [0.717, 1.165) is 94.8 Å². The summed E-state index contributed by atoms with van der Waals surface area (Å²) in [5.74, 6) is 1.69. The lowest BCUT2D eigenvalue weighted by atomic mass is 9.95. The minimum Gasteiger partial charge on any atom is -0.455 e. The number of hydrogen-bond acceptors (Lipinski definition) is 5. The van der Waals surface area contributed by atoms with Crippen LogP contribution in [0.25, 0.3) is 94.8 Å². The van der Waals surface area contributed by atoms with Crippen LogP contribution >= 0.6 is 0 Å². The van der Waals surface area contributed by atoms with Crippen molar-refractivity contribution in [3.8, 4) is 61.9 Å². The molecule has 0 radical (unpaired) electrons. The third-order valence-electron chi connectivity index (χ3n) is 9.65. The molecule has 0 atom stereocenters. The number of nitrogens with zero attached hydrogens (tertiary/aromatic N) is 5. The fourth-order valence-corrected chi connectivity index (χ4v) is 7.19. The van der Waals surface area contributed by atoms with E-state index in [2.05, 4.69) is 112 Å². The first-order valence-corrected chi connectivity index (χ1v) is 17.2. The molecule has 6 heteroatoms. The number of pyridine rings is 3. The molecule has 0 saturated carbocycles. The molecule has 0 aliphatic rings. The molecule has 0 spiro atoms. The zero-order valence-corrected chi connectivity index (χ0v) is 27.9. The van der Waals surface area contributed by atoms with Gasteiger partial charge in [0.25, 0.3) is 0 Å². The van der Waals surface area contributed by atoms with Crippen LogP contribution in [0, 0.1) is 0 Å². The molecule has 0 aliphatic carbocycles. The molecular formula is C46H29N5O. The number of para-hydroxylation sites is 4. The minimum absolute atomic E-state index is 0.778. The fourth-order valence-electron chi connectivity index (χ4n) is 7.19. The predicted octanol–water partition coefficient (Wildman–Crippen LogP) is 11.4. The summed E-state index contributed by atoms with van der Waals surface area (Å²) < 4.78 is 9.05. The van der Waals surface area contributed by atoms with Crippen LogP contribution in [0.15, 0.2) is 181 Å². The van der Waals surface area contributed by atoms with Gasteiger partial charge in [0.1, 0.15) is 17.2 Å². The molecule has 0 saturated heterocycles. The summed E-state index contributed by atoms with van der Waals surface area (Å²) in [6.07, 6.45) is 7.22. The summed E-state index contributed by atoms with van der Waals surface area (Å²) in [5, 5.41) is 1.93. The first-order chi connectivity index (χ1) is 25.8. The van der Waals surface area contributed by atoms with Gasteiger partial charge in [0, 0.05) is 58.1 Å². The Balaban J connectivity index is 1.08. The van der Waals surface area contributed by atoms with Gasteiger partial charge in [-0.15, -0.1) is 0 Å². The van der Waals surface area contributed by atoms with Crippen LogP contribution in [0.4, 0.5) is 0 Å². The topological polar surface area (TPSA) is 69.6 Å². The van der Waals surface area contributed by atoms with Gasteiger partial charge in [-0.3, -0.25) is 14.5 Å². The highest BCUT2D eigenvalue weighted by atomic mass is 16.3. The van der Waals surface area contributed by atoms with Crippen LogP contribution in [0.2, 0.25) is 0 Å². The Labute approximate surface area is 299 Å². The molecule has 0 amide bonds. The van der Waals surface area contributed by atoms with Crippen molar-refractivity contribution >= 4 is 32.9 Å². The number of fused-ring (bicyclic) bond motifs is 4. The van der Waals surface area contributed by atoms with E-state index in [4.69, 9.17) is 14.4 Å². The summed E-state index contributed by atoms with van der Waals surface area (Å²) >= 11 is 0. The van der Waals surface area contributed by atoms with Crippen molar-refractivity contribution in [2.75, 3.05) is 0 Å². The second kappa shape index (κ2) is 12.3. The number of rotatable bonds is 6. The van der Waals surface area contributed by atoms with E-state index in [1.54, 1.807) is 12.4 Å². The molecular weight excluding hydrogens is 639 g/mol. The van der Waals surface area contributed by atoms with Crippen LogP contribution in [0.3, 0.4) is 0 Å². The number of furan rings is 1. The Bertz CT molecular complexity index is 2860. The Kier molecular flexibility index (Phi) is 7.03. The Hall–Kier alpha value is -7.18. The van der Waals surface area contributed by atoms with Gasteiger partial charge >= 0.3 is 0 Å². The van der Waals surface area contributed by atoms with Gasteiger partial charge in [-0.2, -0.15) is 0 Å². The van der Waals surface area contributed by atoms with Crippen LogP contribution in [0.1, 0.15) is 0 Å². The van der Waals surface area contributed by atoms with Crippen molar-refractivity contribution in [1.29, 1.82) is 0 Å². The monoisotopic (exact) mass is 667 g/mol. The molecule has 6 nitrogen and oxygen atoms in total. The molecule has 0 unspecified atom stereocenters. The van der Waals surface area contributed by atoms with Crippen LogP contribution < -0.4 is 0 Å². The average molecular weight is 668 g/mol. The maximum Gasteiger partial charge on any atom is 0.147 e. The van der Waals surface area contributed by atoms with Crippen molar-refractivity contribution in [1.82, 2.24) is 24.5 Å². The summed E-state index contributed by atoms with van der Waals surface area (Å²) in [5.41, 5.74) is 12.9. The van der Waals surface area contributed by atoms with Gasteiger partial charge in [-0.05, 0) is 77.4 Å². The van der Waals surface area contributed by atoms with Crippen molar-refractivity contribution in [2.24, 2.45) is 0 Å². The molecule has 5 aromatic carbocycles. The van der Waals surface area contributed by atoms with Gasteiger partial charge in [-0.25, -0.2) is 9.97 Å². The van der Waals surface area contributed by atoms with Crippen LogP contribution in [-0.2, 0) is 0 Å². The molecule has 0 N–H and O–H groups in total. The number of benzene rings is 5. The zero-order chi connectivity index (χ0) is 34.4. The molecule has 10 aromatic rings. The second-order valence-corrected chi connectivity index (χ2v) is 12.7. The van der Waals surface area contributed by atoms with Crippen molar-refractivity contribution < 1.29 is 4.42 Å². The van der Waals surface area contributed by atoms with E-state index in [-0.39, 0.29) is 0 Å². The van der Waals surface area contributed by atoms with Gasteiger partial charge in [0.15, 0.2) is 0 Å². The molecule has 52 heavy (non-hydrogen) atoms. The van der Waals surface area contributed by atoms with E-state index < -0.39 is 0 Å². The Morgan fingerprint density at radius 3 is 1.73 bits per heavy atom. The maximum atomic E-state index is 6.82. The van der Waals surface area contributed by atoms with E-state index in [1.165, 1.54) is 0 Å². The lowest BCUT2D eigenvalue weighted by molar-refractivity contribution is 0.635. The van der Waals surface area contributed by atoms with Gasteiger partial charge in [0.05, 0.1) is 27.6 Å². The molecule has 0 bridgehead atoms. The van der Waals surface area contributed by atoms with Crippen molar-refractivity contribution in [2.45, 2.75) is 0 Å². The molecule has 10 rings (SSSR count). The first kappa shape index (κ1) is 29.7. The summed E-state index contributed by atoms with van der Waals surface area (Å²) in [4.78, 5) is 18.9. The summed E-state index contributed by atoms with van der Waals surface area (Å²) in [6.45, 7) is 0. The van der Waals surface area contributed by atoms with Crippen LogP contribution in [0.5, 0.6) is 0 Å². The van der Waals surface area contributed by atoms with Crippen molar-refractivity contribution in [3.63, 3.8) is 0 Å². The lowest BCUT2D eigenvalue weighted by Crippen LogP contribution is -1.97.